The van der Waals surface area contributed by atoms with Crippen LogP contribution in [0.4, 0.5) is 10.6 Å². The topological polar surface area (TPSA) is 133 Å². The zero-order valence-corrected chi connectivity index (χ0v) is 20.0. The number of hydrogen-bond donors (Lipinski definition) is 2. The van der Waals surface area contributed by atoms with Crippen molar-refractivity contribution in [2.24, 2.45) is 11.7 Å². The predicted molar refractivity (Wildman–Crippen MR) is 135 cm³/mol. The zero-order chi connectivity index (χ0) is 25.4. The van der Waals surface area contributed by atoms with Gasteiger partial charge in [-0.15, -0.1) is 0 Å². The molecule has 37 heavy (non-hydrogen) atoms. The number of benzene rings is 2. The Labute approximate surface area is 212 Å². The van der Waals surface area contributed by atoms with Crippen LogP contribution in [0.2, 0.25) is 0 Å². The van der Waals surface area contributed by atoms with Crippen molar-refractivity contribution in [2.75, 3.05) is 25.0 Å². The second-order valence-corrected chi connectivity index (χ2v) is 9.22. The number of amides is 2. The summed E-state index contributed by atoms with van der Waals surface area (Å²) in [5.74, 6) is 1.69. The number of primary amides is 1. The lowest BCUT2D eigenvalue weighted by molar-refractivity contribution is 0.100. The Balaban J connectivity index is 1.27. The second-order valence-electron chi connectivity index (χ2n) is 9.22. The predicted octanol–water partition coefficient (Wildman–Crippen LogP) is 3.38. The van der Waals surface area contributed by atoms with Gasteiger partial charge in [-0.05, 0) is 49.2 Å². The van der Waals surface area contributed by atoms with Crippen molar-refractivity contribution in [2.45, 2.75) is 18.9 Å². The van der Waals surface area contributed by atoms with Crippen LogP contribution in [-0.4, -0.2) is 61.0 Å². The van der Waals surface area contributed by atoms with Crippen LogP contribution in [0.5, 0.6) is 11.5 Å². The molecule has 11 nitrogen and oxygen atoms in total. The molecule has 4 heterocycles. The normalized spacial score (nSPS) is 18.8. The zero-order valence-electron chi connectivity index (χ0n) is 20.0. The molecule has 2 unspecified atom stereocenters. The van der Waals surface area contributed by atoms with Crippen molar-refractivity contribution < 1.29 is 14.3 Å². The van der Waals surface area contributed by atoms with Gasteiger partial charge in [0.25, 0.3) is 5.91 Å². The molecule has 0 saturated carbocycles. The van der Waals surface area contributed by atoms with E-state index in [2.05, 4.69) is 15.4 Å². The SMILES string of the molecule is NC(=O)c1c(-c2ccc(Oc3ccccc3)cc2)nn2c1NCCC2C1CCN(C(=O)n2cncn2)C1. The van der Waals surface area contributed by atoms with E-state index >= 15 is 0 Å². The number of nitrogens with zero attached hydrogens (tertiary/aromatic N) is 6. The fraction of sp³-hybridized carbons (Fsp3) is 0.269. The van der Waals surface area contributed by atoms with Gasteiger partial charge in [-0.2, -0.15) is 14.9 Å². The lowest BCUT2D eigenvalue weighted by Gasteiger charge is -2.30. The molecule has 2 aliphatic heterocycles. The van der Waals surface area contributed by atoms with Crippen molar-refractivity contribution in [1.29, 1.82) is 0 Å². The molecular weight excluding hydrogens is 472 g/mol. The number of fused-ring (bicyclic) bond motifs is 1. The molecule has 2 amide bonds. The van der Waals surface area contributed by atoms with Crippen LogP contribution >= 0.6 is 0 Å². The number of nitrogens with one attached hydrogen (secondary N) is 1. The molecule has 188 valence electrons. The van der Waals surface area contributed by atoms with Gasteiger partial charge in [-0.1, -0.05) is 18.2 Å². The Hall–Kier alpha value is -4.67. The highest BCUT2D eigenvalue weighted by molar-refractivity contribution is 6.03. The van der Waals surface area contributed by atoms with Gasteiger partial charge in [-0.3, -0.25) is 4.79 Å². The summed E-state index contributed by atoms with van der Waals surface area (Å²) >= 11 is 0. The number of carbonyl (C=O) groups excluding carboxylic acids is 2. The number of ether oxygens (including phenoxy) is 1. The molecule has 11 heteroatoms. The minimum atomic E-state index is -0.538. The van der Waals surface area contributed by atoms with Gasteiger partial charge in [-0.25, -0.2) is 14.5 Å². The van der Waals surface area contributed by atoms with Gasteiger partial charge in [0.05, 0.1) is 6.04 Å². The summed E-state index contributed by atoms with van der Waals surface area (Å²) in [6.07, 6.45) is 4.41. The van der Waals surface area contributed by atoms with Crippen LogP contribution in [-0.2, 0) is 0 Å². The fourth-order valence-electron chi connectivity index (χ4n) is 5.21. The molecule has 0 bridgehead atoms. The molecule has 1 fully saturated rings. The smallest absolute Gasteiger partial charge is 0.346 e. The van der Waals surface area contributed by atoms with Gasteiger partial charge in [0.15, 0.2) is 0 Å². The van der Waals surface area contributed by atoms with Crippen LogP contribution in [0.15, 0.2) is 67.3 Å². The van der Waals surface area contributed by atoms with Crippen molar-refractivity contribution in [3.63, 3.8) is 0 Å². The average molecular weight is 499 g/mol. The van der Waals surface area contributed by atoms with Crippen LogP contribution < -0.4 is 15.8 Å². The van der Waals surface area contributed by atoms with Gasteiger partial charge < -0.3 is 20.7 Å². The molecule has 0 spiro atoms. The highest BCUT2D eigenvalue weighted by atomic mass is 16.5. The highest BCUT2D eigenvalue weighted by Crippen LogP contribution is 2.40. The molecule has 2 atom stereocenters. The Kier molecular flexibility index (Phi) is 5.79. The summed E-state index contributed by atoms with van der Waals surface area (Å²) in [6.45, 7) is 1.89. The first kappa shape index (κ1) is 22.8. The van der Waals surface area contributed by atoms with Crippen LogP contribution in [0.1, 0.15) is 29.2 Å². The molecular formula is C26H26N8O3. The summed E-state index contributed by atoms with van der Waals surface area (Å²) < 4.78 is 9.04. The maximum atomic E-state index is 12.7. The lowest BCUT2D eigenvalue weighted by atomic mass is 9.95. The maximum Gasteiger partial charge on any atom is 0.346 e. The third kappa shape index (κ3) is 4.28. The third-order valence-electron chi connectivity index (χ3n) is 6.96. The maximum absolute atomic E-state index is 12.7. The van der Waals surface area contributed by atoms with Crippen molar-refractivity contribution in [1.82, 2.24) is 29.4 Å². The number of hydrogen-bond acceptors (Lipinski definition) is 7. The Bertz CT molecular complexity index is 1420. The van der Waals surface area contributed by atoms with Crippen molar-refractivity contribution >= 4 is 17.8 Å². The van der Waals surface area contributed by atoms with E-state index in [0.29, 0.717) is 42.5 Å². The van der Waals surface area contributed by atoms with E-state index in [1.165, 1.54) is 17.3 Å². The number of para-hydroxylation sites is 1. The fourth-order valence-corrected chi connectivity index (χ4v) is 5.21. The minimum absolute atomic E-state index is 0.0253. The summed E-state index contributed by atoms with van der Waals surface area (Å²) in [5.41, 5.74) is 7.51. The number of carbonyl (C=O) groups is 2. The average Bonchev–Trinajstić information content (AvgIpc) is 3.69. The number of anilines is 1. The third-order valence-corrected chi connectivity index (χ3v) is 6.96. The van der Waals surface area contributed by atoms with E-state index in [4.69, 9.17) is 15.6 Å². The molecule has 4 aromatic rings. The standard InChI is InChI=1S/C26H26N8O3/c27-24(35)22-23(17-6-8-20(9-7-17)37-19-4-2-1-3-5-19)31-34-21(10-12-29-25(22)34)18-11-13-32(14-18)26(36)33-16-28-15-30-33/h1-9,15-16,18,21,29H,10-14H2,(H2,27,35). The number of rotatable bonds is 5. The van der Waals surface area contributed by atoms with Gasteiger partial charge >= 0.3 is 6.03 Å². The van der Waals surface area contributed by atoms with E-state index in [1.54, 1.807) is 4.90 Å². The van der Waals surface area contributed by atoms with E-state index in [9.17, 15) is 9.59 Å². The van der Waals surface area contributed by atoms with Crippen molar-refractivity contribution in [3.05, 3.63) is 72.8 Å². The van der Waals surface area contributed by atoms with E-state index in [0.717, 1.165) is 24.2 Å². The summed E-state index contributed by atoms with van der Waals surface area (Å²) in [7, 11) is 0. The molecule has 1 saturated heterocycles. The quantitative estimate of drug-likeness (QED) is 0.431. The van der Waals surface area contributed by atoms with Crippen molar-refractivity contribution in [3.8, 4) is 22.8 Å². The molecule has 3 N–H and O–H groups in total. The van der Waals surface area contributed by atoms with Gasteiger partial charge in [0.1, 0.15) is 41.2 Å². The van der Waals surface area contributed by atoms with Gasteiger partial charge in [0, 0.05) is 31.1 Å². The van der Waals surface area contributed by atoms with E-state index < -0.39 is 5.91 Å². The Morgan fingerprint density at radius 3 is 2.54 bits per heavy atom. The first-order valence-electron chi connectivity index (χ1n) is 12.2. The lowest BCUT2D eigenvalue weighted by Crippen LogP contribution is -2.35. The number of aromatic nitrogens is 5. The Morgan fingerprint density at radius 2 is 1.81 bits per heavy atom. The number of nitrogens with two attached hydrogens (primary N) is 1. The highest BCUT2D eigenvalue weighted by Gasteiger charge is 2.38. The molecule has 6 rings (SSSR count). The summed E-state index contributed by atoms with van der Waals surface area (Å²) in [5, 5.41) is 12.2. The van der Waals surface area contributed by atoms with E-state index in [1.807, 2.05) is 59.3 Å². The second kappa shape index (κ2) is 9.41. The largest absolute Gasteiger partial charge is 0.457 e. The summed E-state index contributed by atoms with van der Waals surface area (Å²) in [6, 6.07) is 16.8. The summed E-state index contributed by atoms with van der Waals surface area (Å²) in [4.78, 5) is 31.0. The Morgan fingerprint density at radius 1 is 1.03 bits per heavy atom. The van der Waals surface area contributed by atoms with Crippen LogP contribution in [0, 0.1) is 5.92 Å². The van der Waals surface area contributed by atoms with E-state index in [-0.39, 0.29) is 18.0 Å². The minimum Gasteiger partial charge on any atom is -0.457 e. The molecule has 0 aliphatic carbocycles. The van der Waals surface area contributed by atoms with Crippen LogP contribution in [0.3, 0.4) is 0 Å². The first-order valence-corrected chi connectivity index (χ1v) is 12.2. The monoisotopic (exact) mass is 498 g/mol. The molecule has 2 aliphatic rings. The van der Waals surface area contributed by atoms with Gasteiger partial charge in [0.2, 0.25) is 0 Å². The number of likely N-dealkylation sites (tertiary alicyclic amines) is 1. The van der Waals surface area contributed by atoms with Crippen LogP contribution in [0.25, 0.3) is 11.3 Å². The molecule has 2 aromatic heterocycles. The first-order chi connectivity index (χ1) is 18.1. The molecule has 0 radical (unpaired) electrons. The molecule has 2 aromatic carbocycles.